The van der Waals surface area contributed by atoms with Gasteiger partial charge in [0.05, 0.1) is 11.9 Å². The van der Waals surface area contributed by atoms with E-state index in [-0.39, 0.29) is 17.2 Å². The molecular formula is C10H20ClNO3S. The fourth-order valence-corrected chi connectivity index (χ4v) is 3.11. The molecule has 0 spiro atoms. The molecule has 0 aromatic carbocycles. The van der Waals surface area contributed by atoms with Gasteiger partial charge in [0.1, 0.15) is 0 Å². The van der Waals surface area contributed by atoms with Gasteiger partial charge in [0.2, 0.25) is 10.0 Å². The van der Waals surface area contributed by atoms with Gasteiger partial charge in [-0.25, -0.2) is 12.7 Å². The summed E-state index contributed by atoms with van der Waals surface area (Å²) < 4.78 is 30.5. The van der Waals surface area contributed by atoms with Gasteiger partial charge in [0.25, 0.3) is 0 Å². The lowest BCUT2D eigenvalue weighted by molar-refractivity contribution is 0.126. The normalized spacial score (nSPS) is 23.9. The van der Waals surface area contributed by atoms with E-state index in [0.717, 1.165) is 12.8 Å². The Balaban J connectivity index is 2.42. The highest BCUT2D eigenvalue weighted by molar-refractivity contribution is 7.89. The minimum atomic E-state index is -3.19. The van der Waals surface area contributed by atoms with Crippen LogP contribution in [0.3, 0.4) is 0 Å². The first-order chi connectivity index (χ1) is 7.42. The van der Waals surface area contributed by atoms with E-state index in [0.29, 0.717) is 19.6 Å². The molecule has 1 heterocycles. The van der Waals surface area contributed by atoms with Gasteiger partial charge in [-0.1, -0.05) is 0 Å². The Bertz CT molecular complexity index is 299. The van der Waals surface area contributed by atoms with Crippen LogP contribution < -0.4 is 0 Å². The van der Waals surface area contributed by atoms with E-state index in [1.807, 2.05) is 6.92 Å². The summed E-state index contributed by atoms with van der Waals surface area (Å²) >= 11 is 5.80. The molecule has 0 saturated carbocycles. The third kappa shape index (κ3) is 4.57. The summed E-state index contributed by atoms with van der Waals surface area (Å²) in [6, 6.07) is 0. The van der Waals surface area contributed by atoms with E-state index >= 15 is 0 Å². The van der Waals surface area contributed by atoms with Gasteiger partial charge in [0.15, 0.2) is 0 Å². The van der Waals surface area contributed by atoms with Crippen LogP contribution in [-0.2, 0) is 14.8 Å². The molecule has 0 N–H and O–H groups in total. The molecule has 1 saturated heterocycles. The number of hydrogen-bond acceptors (Lipinski definition) is 3. The summed E-state index contributed by atoms with van der Waals surface area (Å²) in [5.41, 5.74) is 0. The van der Waals surface area contributed by atoms with Gasteiger partial charge >= 0.3 is 0 Å². The van der Waals surface area contributed by atoms with Gasteiger partial charge < -0.3 is 4.74 Å². The fourth-order valence-electron chi connectivity index (χ4n) is 1.64. The van der Waals surface area contributed by atoms with Gasteiger partial charge in [-0.2, -0.15) is 0 Å². The number of nitrogens with zero attached hydrogens (tertiary/aromatic N) is 1. The molecule has 2 unspecified atom stereocenters. The average Bonchev–Trinajstić information content (AvgIpc) is 2.65. The molecule has 0 aromatic rings. The van der Waals surface area contributed by atoms with Crippen LogP contribution in [-0.4, -0.2) is 50.2 Å². The average molecular weight is 270 g/mol. The molecule has 0 radical (unpaired) electrons. The van der Waals surface area contributed by atoms with E-state index in [9.17, 15) is 8.42 Å². The van der Waals surface area contributed by atoms with Crippen molar-refractivity contribution in [3.8, 4) is 0 Å². The number of hydrogen-bond donors (Lipinski definition) is 0. The highest BCUT2D eigenvalue weighted by atomic mass is 35.5. The van der Waals surface area contributed by atoms with E-state index < -0.39 is 10.0 Å². The maximum atomic E-state index is 11.9. The lowest BCUT2D eigenvalue weighted by Crippen LogP contribution is -2.35. The zero-order valence-electron chi connectivity index (χ0n) is 9.86. The van der Waals surface area contributed by atoms with Crippen LogP contribution in [0.2, 0.25) is 0 Å². The minimum Gasteiger partial charge on any atom is -0.377 e. The van der Waals surface area contributed by atoms with Crippen molar-refractivity contribution in [1.29, 1.82) is 0 Å². The van der Waals surface area contributed by atoms with E-state index in [1.54, 1.807) is 7.05 Å². The Labute approximate surface area is 103 Å². The molecule has 96 valence electrons. The first kappa shape index (κ1) is 14.2. The molecular weight excluding hydrogens is 250 g/mol. The van der Waals surface area contributed by atoms with Crippen LogP contribution in [0.25, 0.3) is 0 Å². The molecule has 6 heteroatoms. The van der Waals surface area contributed by atoms with Crippen molar-refractivity contribution in [2.24, 2.45) is 0 Å². The Morgan fingerprint density at radius 3 is 2.75 bits per heavy atom. The molecule has 1 fully saturated rings. The lowest BCUT2D eigenvalue weighted by atomic mass is 10.3. The topological polar surface area (TPSA) is 46.6 Å². The molecule has 16 heavy (non-hydrogen) atoms. The van der Waals surface area contributed by atoms with E-state index in [2.05, 4.69) is 0 Å². The quantitative estimate of drug-likeness (QED) is 0.686. The van der Waals surface area contributed by atoms with Gasteiger partial charge in [-0.3, -0.25) is 0 Å². The van der Waals surface area contributed by atoms with Crippen LogP contribution in [0.15, 0.2) is 0 Å². The van der Waals surface area contributed by atoms with Gasteiger partial charge in [-0.15, -0.1) is 11.6 Å². The predicted octanol–water partition coefficient (Wildman–Crippen LogP) is 1.44. The fraction of sp³-hybridized carbons (Fsp3) is 1.00. The zero-order valence-corrected chi connectivity index (χ0v) is 11.4. The summed E-state index contributed by atoms with van der Waals surface area (Å²) in [5, 5.41) is 0.000352. The standard InChI is InChI=1S/C10H20ClNO3S/c1-9(11)5-6-12(2)16(13,14)8-10-4-3-7-15-10/h9-10H,3-8H2,1-2H3. The highest BCUT2D eigenvalue weighted by Crippen LogP contribution is 2.16. The second-order valence-corrected chi connectivity index (χ2v) is 7.17. The number of halogens is 1. The van der Waals surface area contributed by atoms with Crippen molar-refractivity contribution < 1.29 is 13.2 Å². The monoisotopic (exact) mass is 269 g/mol. The van der Waals surface area contributed by atoms with Crippen LogP contribution in [0.4, 0.5) is 0 Å². The van der Waals surface area contributed by atoms with Crippen molar-refractivity contribution in [1.82, 2.24) is 4.31 Å². The van der Waals surface area contributed by atoms with Crippen LogP contribution in [0, 0.1) is 0 Å². The minimum absolute atomic E-state index is 0.000352. The molecule has 0 aliphatic carbocycles. The van der Waals surface area contributed by atoms with Crippen molar-refractivity contribution in [3.05, 3.63) is 0 Å². The Kier molecular flexibility index (Phi) is 5.50. The molecule has 4 nitrogen and oxygen atoms in total. The van der Waals surface area contributed by atoms with Crippen LogP contribution in [0.1, 0.15) is 26.2 Å². The maximum absolute atomic E-state index is 11.9. The highest BCUT2D eigenvalue weighted by Gasteiger charge is 2.26. The summed E-state index contributed by atoms with van der Waals surface area (Å²) in [5.74, 6) is 0.0974. The third-order valence-corrected chi connectivity index (χ3v) is 4.88. The van der Waals surface area contributed by atoms with Gasteiger partial charge in [-0.05, 0) is 26.2 Å². The second-order valence-electron chi connectivity index (χ2n) is 4.30. The molecule has 0 amide bonds. The molecule has 2 atom stereocenters. The molecule has 0 bridgehead atoms. The number of rotatable bonds is 6. The SMILES string of the molecule is CC(Cl)CCN(C)S(=O)(=O)CC1CCCO1. The van der Waals surface area contributed by atoms with Crippen molar-refractivity contribution in [2.75, 3.05) is 26.0 Å². The second kappa shape index (κ2) is 6.19. The zero-order chi connectivity index (χ0) is 12.2. The van der Waals surface area contributed by atoms with E-state index in [1.165, 1.54) is 4.31 Å². The van der Waals surface area contributed by atoms with Crippen LogP contribution in [0.5, 0.6) is 0 Å². The number of sulfonamides is 1. The first-order valence-corrected chi connectivity index (χ1v) is 7.66. The number of ether oxygens (including phenoxy) is 1. The summed E-state index contributed by atoms with van der Waals surface area (Å²) in [6.45, 7) is 3.02. The number of alkyl halides is 1. The van der Waals surface area contributed by atoms with Crippen molar-refractivity contribution in [2.45, 2.75) is 37.7 Å². The molecule has 0 aromatic heterocycles. The summed E-state index contributed by atoms with van der Waals surface area (Å²) in [7, 11) is -1.59. The van der Waals surface area contributed by atoms with Crippen LogP contribution >= 0.6 is 11.6 Å². The lowest BCUT2D eigenvalue weighted by Gasteiger charge is -2.19. The molecule has 1 rings (SSSR count). The van der Waals surface area contributed by atoms with E-state index in [4.69, 9.17) is 16.3 Å². The van der Waals surface area contributed by atoms with Crippen molar-refractivity contribution >= 4 is 21.6 Å². The Hall–Kier alpha value is 0.160. The predicted molar refractivity (Wildman–Crippen MR) is 65.3 cm³/mol. The first-order valence-electron chi connectivity index (χ1n) is 5.61. The summed E-state index contributed by atoms with van der Waals surface area (Å²) in [6.07, 6.45) is 2.35. The molecule has 1 aliphatic rings. The smallest absolute Gasteiger partial charge is 0.216 e. The Morgan fingerprint density at radius 2 is 2.25 bits per heavy atom. The molecule has 1 aliphatic heterocycles. The third-order valence-electron chi connectivity index (χ3n) is 2.74. The Morgan fingerprint density at radius 1 is 1.56 bits per heavy atom. The summed E-state index contributed by atoms with van der Waals surface area (Å²) in [4.78, 5) is 0. The van der Waals surface area contributed by atoms with Gasteiger partial charge in [0, 0.05) is 25.6 Å². The largest absolute Gasteiger partial charge is 0.377 e. The maximum Gasteiger partial charge on any atom is 0.216 e. The van der Waals surface area contributed by atoms with Crippen molar-refractivity contribution in [3.63, 3.8) is 0 Å².